The number of nitrogens with one attached hydrogen (secondary N) is 1. The molecule has 0 unspecified atom stereocenters. The van der Waals surface area contributed by atoms with Gasteiger partial charge in [0.05, 0.1) is 6.61 Å². The fourth-order valence-corrected chi connectivity index (χ4v) is 4.48. The third-order valence-electron chi connectivity index (χ3n) is 6.16. The molecule has 0 amide bonds. The molecule has 1 aromatic heterocycles. The van der Waals surface area contributed by atoms with Crippen molar-refractivity contribution >= 4 is 23.2 Å². The van der Waals surface area contributed by atoms with Crippen LogP contribution in [0.15, 0.2) is 84.9 Å². The Morgan fingerprint density at radius 2 is 1.49 bits per heavy atom. The molecule has 0 atom stereocenters. The Morgan fingerprint density at radius 1 is 0.857 bits per heavy atom. The molecular formula is C29H28N4O2. The smallest absolute Gasteiger partial charge is 0.342 e. The molecule has 3 aromatic carbocycles. The molecule has 0 bridgehead atoms. The standard InChI is InChI=1S/C29H28N4O2/c1-2-35-29(34)26-25(21-11-5-3-6-12-21)27(22-13-7-4-8-14-22)31-32-28(26)30-23-15-17-24(18-16-23)33-19-9-10-20-33/h3-8,11-18H,2,9-10,19-20H2,1H3,(H,30,32). The van der Waals surface area contributed by atoms with Crippen molar-refractivity contribution in [2.75, 3.05) is 29.9 Å². The van der Waals surface area contributed by atoms with Crippen LogP contribution in [0, 0.1) is 0 Å². The maximum Gasteiger partial charge on any atom is 0.342 e. The van der Waals surface area contributed by atoms with Crippen LogP contribution in [0.25, 0.3) is 22.4 Å². The summed E-state index contributed by atoms with van der Waals surface area (Å²) in [6, 6.07) is 27.8. The van der Waals surface area contributed by atoms with Crippen molar-refractivity contribution in [3.8, 4) is 22.4 Å². The van der Waals surface area contributed by atoms with Crippen LogP contribution in [0.3, 0.4) is 0 Å². The maximum absolute atomic E-state index is 13.3. The van der Waals surface area contributed by atoms with E-state index >= 15 is 0 Å². The Bertz CT molecular complexity index is 1290. The molecule has 6 nitrogen and oxygen atoms in total. The first-order valence-electron chi connectivity index (χ1n) is 12.1. The van der Waals surface area contributed by atoms with E-state index in [1.54, 1.807) is 6.92 Å². The largest absolute Gasteiger partial charge is 0.462 e. The second kappa shape index (κ2) is 10.4. The van der Waals surface area contributed by atoms with Gasteiger partial charge in [-0.2, -0.15) is 0 Å². The van der Waals surface area contributed by atoms with Crippen molar-refractivity contribution in [3.05, 3.63) is 90.5 Å². The number of anilines is 3. The van der Waals surface area contributed by atoms with Gasteiger partial charge >= 0.3 is 5.97 Å². The highest BCUT2D eigenvalue weighted by Crippen LogP contribution is 2.37. The summed E-state index contributed by atoms with van der Waals surface area (Å²) in [7, 11) is 0. The summed E-state index contributed by atoms with van der Waals surface area (Å²) < 4.78 is 5.49. The first kappa shape index (κ1) is 22.6. The van der Waals surface area contributed by atoms with E-state index in [0.29, 0.717) is 22.6 Å². The third kappa shape index (κ3) is 4.87. The summed E-state index contributed by atoms with van der Waals surface area (Å²) >= 11 is 0. The molecule has 0 radical (unpaired) electrons. The van der Waals surface area contributed by atoms with E-state index in [1.807, 2.05) is 72.8 Å². The Morgan fingerprint density at radius 3 is 2.11 bits per heavy atom. The molecule has 4 aromatic rings. The van der Waals surface area contributed by atoms with Crippen LogP contribution in [0.5, 0.6) is 0 Å². The Hall–Kier alpha value is -4.19. The molecule has 1 fully saturated rings. The predicted octanol–water partition coefficient (Wildman–Crippen LogP) is 6.33. The first-order valence-corrected chi connectivity index (χ1v) is 12.1. The van der Waals surface area contributed by atoms with Gasteiger partial charge in [-0.05, 0) is 49.6 Å². The number of esters is 1. The summed E-state index contributed by atoms with van der Waals surface area (Å²) in [5.74, 6) is -0.0643. The lowest BCUT2D eigenvalue weighted by Crippen LogP contribution is -2.17. The van der Waals surface area contributed by atoms with Gasteiger partial charge in [-0.3, -0.25) is 0 Å². The topological polar surface area (TPSA) is 67.3 Å². The number of carbonyl (C=O) groups excluding carboxylic acids is 1. The minimum atomic E-state index is -0.436. The van der Waals surface area contributed by atoms with Crippen LogP contribution in [0.1, 0.15) is 30.1 Å². The average Bonchev–Trinajstić information content (AvgIpc) is 3.45. The van der Waals surface area contributed by atoms with Gasteiger partial charge in [0, 0.05) is 35.6 Å². The van der Waals surface area contributed by atoms with Gasteiger partial charge in [0.15, 0.2) is 5.82 Å². The van der Waals surface area contributed by atoms with Crippen LogP contribution in [-0.4, -0.2) is 35.9 Å². The number of benzene rings is 3. The Kier molecular flexibility index (Phi) is 6.70. The maximum atomic E-state index is 13.3. The molecule has 5 rings (SSSR count). The van der Waals surface area contributed by atoms with Crippen LogP contribution in [-0.2, 0) is 4.74 Å². The number of rotatable bonds is 7. The van der Waals surface area contributed by atoms with Gasteiger partial charge in [0.25, 0.3) is 0 Å². The van der Waals surface area contributed by atoms with Gasteiger partial charge in [0.2, 0.25) is 0 Å². The molecule has 1 aliphatic heterocycles. The second-order valence-corrected chi connectivity index (χ2v) is 8.47. The number of hydrogen-bond acceptors (Lipinski definition) is 6. The molecule has 1 saturated heterocycles. The number of nitrogens with zero attached hydrogens (tertiary/aromatic N) is 3. The molecule has 35 heavy (non-hydrogen) atoms. The van der Waals surface area contributed by atoms with Gasteiger partial charge in [-0.1, -0.05) is 60.7 Å². The third-order valence-corrected chi connectivity index (χ3v) is 6.16. The number of carbonyl (C=O) groups is 1. The molecule has 1 N–H and O–H groups in total. The minimum absolute atomic E-state index is 0.264. The molecule has 0 spiro atoms. The van der Waals surface area contributed by atoms with Crippen molar-refractivity contribution in [1.82, 2.24) is 10.2 Å². The summed E-state index contributed by atoms with van der Waals surface area (Å²) in [5.41, 5.74) is 5.49. The summed E-state index contributed by atoms with van der Waals surface area (Å²) in [6.07, 6.45) is 2.46. The highest BCUT2D eigenvalue weighted by Gasteiger charge is 2.26. The van der Waals surface area contributed by atoms with Crippen LogP contribution < -0.4 is 10.2 Å². The van der Waals surface area contributed by atoms with Gasteiger partial charge in [0.1, 0.15) is 11.3 Å². The lowest BCUT2D eigenvalue weighted by atomic mass is 9.95. The molecular weight excluding hydrogens is 436 g/mol. The van der Waals surface area contributed by atoms with Crippen LogP contribution >= 0.6 is 0 Å². The first-order chi connectivity index (χ1) is 17.2. The molecule has 0 saturated carbocycles. The van der Waals surface area contributed by atoms with Gasteiger partial charge in [-0.15, -0.1) is 10.2 Å². The van der Waals surface area contributed by atoms with E-state index in [-0.39, 0.29) is 6.61 Å². The minimum Gasteiger partial charge on any atom is -0.462 e. The Labute approximate surface area is 205 Å². The quantitative estimate of drug-likeness (QED) is 0.322. The number of aromatic nitrogens is 2. The highest BCUT2D eigenvalue weighted by atomic mass is 16.5. The van der Waals surface area contributed by atoms with E-state index in [2.05, 4.69) is 32.5 Å². The summed E-state index contributed by atoms with van der Waals surface area (Å²) in [5, 5.41) is 12.4. The zero-order chi connectivity index (χ0) is 24.0. The molecule has 176 valence electrons. The summed E-state index contributed by atoms with van der Waals surface area (Å²) in [6.45, 7) is 4.25. The zero-order valence-electron chi connectivity index (χ0n) is 19.8. The van der Waals surface area contributed by atoms with Crippen LogP contribution in [0.2, 0.25) is 0 Å². The van der Waals surface area contributed by atoms with Crippen molar-refractivity contribution in [2.45, 2.75) is 19.8 Å². The van der Waals surface area contributed by atoms with Gasteiger partial charge in [-0.25, -0.2) is 4.79 Å². The zero-order valence-corrected chi connectivity index (χ0v) is 19.8. The SMILES string of the molecule is CCOC(=O)c1c(Nc2ccc(N3CCCC3)cc2)nnc(-c2ccccc2)c1-c1ccccc1. The van der Waals surface area contributed by atoms with Crippen molar-refractivity contribution in [3.63, 3.8) is 0 Å². The van der Waals surface area contributed by atoms with E-state index in [1.165, 1.54) is 18.5 Å². The van der Waals surface area contributed by atoms with Crippen molar-refractivity contribution < 1.29 is 9.53 Å². The van der Waals surface area contributed by atoms with Crippen LogP contribution in [0.4, 0.5) is 17.2 Å². The van der Waals surface area contributed by atoms with E-state index in [4.69, 9.17) is 4.74 Å². The van der Waals surface area contributed by atoms with Crippen molar-refractivity contribution in [1.29, 1.82) is 0 Å². The average molecular weight is 465 g/mol. The van der Waals surface area contributed by atoms with E-state index in [9.17, 15) is 4.79 Å². The lowest BCUT2D eigenvalue weighted by molar-refractivity contribution is 0.0528. The second-order valence-electron chi connectivity index (χ2n) is 8.47. The number of hydrogen-bond donors (Lipinski definition) is 1. The number of ether oxygens (including phenoxy) is 1. The molecule has 2 heterocycles. The van der Waals surface area contributed by atoms with Gasteiger partial charge < -0.3 is 15.0 Å². The fraction of sp³-hybridized carbons (Fsp3) is 0.207. The lowest BCUT2D eigenvalue weighted by Gasteiger charge is -2.19. The van der Waals surface area contributed by atoms with E-state index < -0.39 is 5.97 Å². The normalized spacial score (nSPS) is 13.0. The molecule has 1 aliphatic rings. The predicted molar refractivity (Wildman–Crippen MR) is 140 cm³/mol. The molecule has 0 aliphatic carbocycles. The molecule has 6 heteroatoms. The highest BCUT2D eigenvalue weighted by molar-refractivity contribution is 6.05. The Balaban J connectivity index is 1.61. The monoisotopic (exact) mass is 464 g/mol. The van der Waals surface area contributed by atoms with Crippen molar-refractivity contribution in [2.24, 2.45) is 0 Å². The summed E-state index contributed by atoms with van der Waals surface area (Å²) in [4.78, 5) is 15.7. The fourth-order valence-electron chi connectivity index (χ4n) is 4.48. The van der Waals surface area contributed by atoms with E-state index in [0.717, 1.165) is 29.9 Å².